The van der Waals surface area contributed by atoms with E-state index in [1.54, 1.807) is 0 Å². The van der Waals surface area contributed by atoms with Gasteiger partial charge in [0.05, 0.1) is 0 Å². The van der Waals surface area contributed by atoms with Gasteiger partial charge in [-0.2, -0.15) is 12.6 Å². The molecular weight excluding hydrogens is 318 g/mol. The number of aliphatic carboxylic acids is 2. The fourth-order valence-corrected chi connectivity index (χ4v) is 1.41. The summed E-state index contributed by atoms with van der Waals surface area (Å²) < 4.78 is 0. The van der Waals surface area contributed by atoms with Crippen LogP contribution in [0.2, 0.25) is 0 Å². The summed E-state index contributed by atoms with van der Waals surface area (Å²) in [7, 11) is 0. The fourth-order valence-electron chi connectivity index (χ4n) is 1.16. The number of nitrogens with one attached hydrogen (secondary N) is 2. The second-order valence-electron chi connectivity index (χ2n) is 3.90. The number of hydrogen-bond acceptors (Lipinski definition) is 7. The van der Waals surface area contributed by atoms with Crippen molar-refractivity contribution in [2.24, 2.45) is 5.73 Å². The van der Waals surface area contributed by atoms with E-state index in [2.05, 4.69) is 23.3 Å². The van der Waals surface area contributed by atoms with Crippen LogP contribution >= 0.6 is 12.6 Å². The smallest absolute Gasteiger partial charge is 0.322 e. The van der Waals surface area contributed by atoms with Crippen molar-refractivity contribution in [3.05, 3.63) is 0 Å². The number of carboxylic acid groups (broad SMARTS) is 2. The van der Waals surface area contributed by atoms with Crippen LogP contribution in [0.1, 0.15) is 12.8 Å². The molecule has 0 radical (unpaired) electrons. The zero-order chi connectivity index (χ0) is 17.7. The monoisotopic (exact) mass is 337 g/mol. The summed E-state index contributed by atoms with van der Waals surface area (Å²) in [6, 6.07) is -2.15. The molecule has 0 aliphatic carbocycles. The highest BCUT2D eigenvalue weighted by atomic mass is 32.1. The predicted octanol–water partition coefficient (Wildman–Crippen LogP) is -2.39. The van der Waals surface area contributed by atoms with Gasteiger partial charge < -0.3 is 31.4 Å². The molecule has 11 heteroatoms. The van der Waals surface area contributed by atoms with Crippen molar-refractivity contribution in [2.75, 3.05) is 12.3 Å². The lowest BCUT2D eigenvalue weighted by Crippen LogP contribution is -2.49. The molecule has 0 aliphatic rings. The third-order valence-corrected chi connectivity index (χ3v) is 2.61. The molecule has 6 N–H and O–H groups in total. The lowest BCUT2D eigenvalue weighted by molar-refractivity contribution is -0.139. The van der Waals surface area contributed by atoms with Crippen LogP contribution in [0.4, 0.5) is 0 Å². The first-order chi connectivity index (χ1) is 10.3. The summed E-state index contributed by atoms with van der Waals surface area (Å²) in [6.07, 6.45) is -0.235. The number of nitrogens with two attached hydrogens (primary N) is 1. The van der Waals surface area contributed by atoms with Gasteiger partial charge in [0.2, 0.25) is 11.8 Å². The van der Waals surface area contributed by atoms with Crippen molar-refractivity contribution in [3.63, 3.8) is 0 Å². The van der Waals surface area contributed by atoms with Crippen molar-refractivity contribution >= 4 is 43.2 Å². The van der Waals surface area contributed by atoms with Gasteiger partial charge >= 0.3 is 11.9 Å². The van der Waals surface area contributed by atoms with Crippen LogP contribution in [0.25, 0.3) is 0 Å². The van der Waals surface area contributed by atoms with Gasteiger partial charge in [-0.25, -0.2) is 0 Å². The summed E-state index contributed by atoms with van der Waals surface area (Å²) in [5.74, 6) is -3.70. The van der Waals surface area contributed by atoms with Gasteiger partial charge in [-0.1, -0.05) is 0 Å². The molecule has 0 aromatic carbocycles. The average Bonchev–Trinajstić information content (AvgIpc) is 2.49. The number of hydrogen-bond donors (Lipinski definition) is 6. The van der Waals surface area contributed by atoms with Crippen molar-refractivity contribution in [1.29, 1.82) is 0 Å². The SMILES string of the molecule is C=O.NC(CCC(=O)NC(CS)C(=O)NCC(=O)O)C(=O)O. The molecule has 2 amide bonds. The van der Waals surface area contributed by atoms with Gasteiger partial charge in [0.15, 0.2) is 0 Å². The summed E-state index contributed by atoms with van der Waals surface area (Å²) in [5.41, 5.74) is 5.23. The molecular formula is C11H19N3O7S. The van der Waals surface area contributed by atoms with Crippen LogP contribution in [0, 0.1) is 0 Å². The Balaban J connectivity index is 0. The van der Waals surface area contributed by atoms with E-state index in [-0.39, 0.29) is 18.6 Å². The average molecular weight is 337 g/mol. The van der Waals surface area contributed by atoms with E-state index in [1.807, 2.05) is 6.79 Å². The fraction of sp³-hybridized carbons (Fsp3) is 0.545. The minimum atomic E-state index is -1.22. The highest BCUT2D eigenvalue weighted by molar-refractivity contribution is 7.80. The van der Waals surface area contributed by atoms with Crippen molar-refractivity contribution in [1.82, 2.24) is 10.6 Å². The normalized spacial score (nSPS) is 12.1. The van der Waals surface area contributed by atoms with Crippen molar-refractivity contribution in [2.45, 2.75) is 24.9 Å². The zero-order valence-electron chi connectivity index (χ0n) is 11.7. The largest absolute Gasteiger partial charge is 0.480 e. The van der Waals surface area contributed by atoms with E-state index in [1.165, 1.54) is 0 Å². The quantitative estimate of drug-likeness (QED) is 0.252. The highest BCUT2D eigenvalue weighted by Crippen LogP contribution is 1.97. The second-order valence-corrected chi connectivity index (χ2v) is 4.26. The first-order valence-corrected chi connectivity index (χ1v) is 6.58. The molecule has 0 bridgehead atoms. The van der Waals surface area contributed by atoms with Gasteiger partial charge in [0, 0.05) is 12.2 Å². The number of carbonyl (C=O) groups excluding carboxylic acids is 3. The molecule has 0 aromatic heterocycles. The third-order valence-electron chi connectivity index (χ3n) is 2.25. The Morgan fingerprint density at radius 2 is 1.73 bits per heavy atom. The highest BCUT2D eigenvalue weighted by Gasteiger charge is 2.20. The van der Waals surface area contributed by atoms with Crippen LogP contribution in [0.3, 0.4) is 0 Å². The van der Waals surface area contributed by atoms with Crippen LogP contribution in [0.5, 0.6) is 0 Å². The third kappa shape index (κ3) is 10.6. The van der Waals surface area contributed by atoms with Crippen LogP contribution in [-0.4, -0.2) is 65.1 Å². The number of amides is 2. The number of carboxylic acids is 2. The van der Waals surface area contributed by atoms with E-state index in [4.69, 9.17) is 20.7 Å². The van der Waals surface area contributed by atoms with E-state index in [0.29, 0.717) is 0 Å². The van der Waals surface area contributed by atoms with Crippen LogP contribution in [-0.2, 0) is 24.0 Å². The minimum absolute atomic E-state index is 0.0256. The predicted molar refractivity (Wildman–Crippen MR) is 78.4 cm³/mol. The molecule has 22 heavy (non-hydrogen) atoms. The molecule has 10 nitrogen and oxygen atoms in total. The lowest BCUT2D eigenvalue weighted by Gasteiger charge is -2.16. The van der Waals surface area contributed by atoms with Gasteiger partial charge in [-0.15, -0.1) is 0 Å². The summed E-state index contributed by atoms with van der Waals surface area (Å²) >= 11 is 3.87. The van der Waals surface area contributed by atoms with Crippen LogP contribution in [0.15, 0.2) is 0 Å². The maximum atomic E-state index is 11.5. The Labute approximate surface area is 131 Å². The molecule has 0 saturated carbocycles. The van der Waals surface area contributed by atoms with E-state index in [0.717, 1.165) is 0 Å². The van der Waals surface area contributed by atoms with E-state index in [9.17, 15) is 19.2 Å². The summed E-state index contributed by atoms with van der Waals surface area (Å²) in [6.45, 7) is 1.43. The van der Waals surface area contributed by atoms with Gasteiger partial charge in [-0.05, 0) is 6.42 Å². The van der Waals surface area contributed by atoms with E-state index < -0.39 is 42.4 Å². The van der Waals surface area contributed by atoms with Crippen molar-refractivity contribution < 1.29 is 34.2 Å². The van der Waals surface area contributed by atoms with E-state index >= 15 is 0 Å². The van der Waals surface area contributed by atoms with Crippen LogP contribution < -0.4 is 16.4 Å². The van der Waals surface area contributed by atoms with Gasteiger partial charge in [0.1, 0.15) is 25.4 Å². The molecule has 126 valence electrons. The first kappa shape index (κ1) is 22.1. The Morgan fingerprint density at radius 3 is 2.14 bits per heavy atom. The molecule has 2 unspecified atom stereocenters. The molecule has 0 heterocycles. The molecule has 0 saturated heterocycles. The maximum Gasteiger partial charge on any atom is 0.322 e. The van der Waals surface area contributed by atoms with Gasteiger partial charge in [-0.3, -0.25) is 19.2 Å². The lowest BCUT2D eigenvalue weighted by atomic mass is 10.1. The molecule has 0 spiro atoms. The number of rotatable bonds is 9. The molecule has 0 aliphatic heterocycles. The number of thiol groups is 1. The Hall–Kier alpha value is -2.14. The molecule has 0 aromatic rings. The second kappa shape index (κ2) is 12.6. The Bertz CT molecular complexity index is 405. The summed E-state index contributed by atoms with van der Waals surface area (Å²) in [4.78, 5) is 51.7. The van der Waals surface area contributed by atoms with Crippen molar-refractivity contribution in [3.8, 4) is 0 Å². The Kier molecular flexibility index (Phi) is 12.7. The summed E-state index contributed by atoms with van der Waals surface area (Å²) in [5, 5.41) is 21.4. The zero-order valence-corrected chi connectivity index (χ0v) is 12.5. The van der Waals surface area contributed by atoms with Gasteiger partial charge in [0.25, 0.3) is 0 Å². The standard InChI is InChI=1S/C10H17N3O6S.CH2O/c11-5(10(18)19)1-2-7(14)13-6(4-20)9(17)12-3-8(15)16;1-2/h5-6,20H,1-4,11H2,(H,12,17)(H,13,14)(H,15,16)(H,18,19);1H2. The number of carbonyl (C=O) groups is 5. The molecule has 0 fully saturated rings. The minimum Gasteiger partial charge on any atom is -0.480 e. The molecule has 2 atom stereocenters. The Morgan fingerprint density at radius 1 is 1.18 bits per heavy atom. The molecule has 0 rings (SSSR count). The maximum absolute atomic E-state index is 11.5. The topological polar surface area (TPSA) is 176 Å². The first-order valence-electron chi connectivity index (χ1n) is 5.95.